The highest BCUT2D eigenvalue weighted by molar-refractivity contribution is 6.06. The average Bonchev–Trinajstić information content (AvgIpc) is 2.92. The lowest BCUT2D eigenvalue weighted by Gasteiger charge is -2.12. The van der Waals surface area contributed by atoms with Crippen LogP contribution in [0.2, 0.25) is 0 Å². The summed E-state index contributed by atoms with van der Waals surface area (Å²) in [6.45, 7) is 2.79. The number of rotatable bonds is 9. The van der Waals surface area contributed by atoms with E-state index in [4.69, 9.17) is 4.74 Å². The molecular weight excluding hydrogens is 458 g/mol. The average molecular weight is 486 g/mol. The van der Waals surface area contributed by atoms with Gasteiger partial charge in [-0.15, -0.1) is 0 Å². The van der Waals surface area contributed by atoms with E-state index >= 15 is 0 Å². The van der Waals surface area contributed by atoms with Gasteiger partial charge in [-0.2, -0.15) is 5.10 Å². The molecule has 36 heavy (non-hydrogen) atoms. The van der Waals surface area contributed by atoms with Crippen molar-refractivity contribution < 1.29 is 14.3 Å². The summed E-state index contributed by atoms with van der Waals surface area (Å²) >= 11 is 0. The van der Waals surface area contributed by atoms with Crippen LogP contribution >= 0.6 is 0 Å². The maximum absolute atomic E-state index is 13.0. The number of fused-ring (bicyclic) bond motifs is 1. The normalized spacial score (nSPS) is 10.7. The minimum atomic E-state index is -0.626. The molecule has 2 aromatic carbocycles. The number of pyridine rings is 1. The Hall–Kier alpha value is -4.53. The lowest BCUT2D eigenvalue weighted by Crippen LogP contribution is -2.42. The van der Waals surface area contributed by atoms with Crippen LogP contribution in [0.1, 0.15) is 52.6 Å². The molecule has 0 bridgehead atoms. The van der Waals surface area contributed by atoms with E-state index < -0.39 is 11.8 Å². The van der Waals surface area contributed by atoms with Gasteiger partial charge in [-0.3, -0.25) is 25.2 Å². The van der Waals surface area contributed by atoms with E-state index in [2.05, 4.69) is 27.9 Å². The number of nitrogens with zero attached hydrogens (tertiary/aromatic N) is 3. The standard InChI is InChI=1S/C27H27N5O4/c1-2-3-9-16-32-27(35)22-13-8-7-12-21(22)24(31-32)26(34)30-29-25(33)20-14-15-28-23(17-20)36-18-19-10-5-4-6-11-19/h4-8,10-15,17H,2-3,9,16,18H2,1H3,(H,29,33)(H,30,34). The van der Waals surface area contributed by atoms with Gasteiger partial charge in [-0.25, -0.2) is 9.67 Å². The molecule has 4 rings (SSSR count). The summed E-state index contributed by atoms with van der Waals surface area (Å²) in [5.74, 6) is -0.890. The molecule has 0 aliphatic rings. The third-order valence-electron chi connectivity index (χ3n) is 5.57. The van der Waals surface area contributed by atoms with Gasteiger partial charge >= 0.3 is 0 Å². The van der Waals surface area contributed by atoms with E-state index in [0.717, 1.165) is 24.8 Å². The number of hydrazine groups is 1. The number of hydrogen-bond acceptors (Lipinski definition) is 6. The molecule has 0 spiro atoms. The van der Waals surface area contributed by atoms with Gasteiger partial charge in [-0.05, 0) is 24.1 Å². The van der Waals surface area contributed by atoms with Gasteiger partial charge in [-0.1, -0.05) is 68.3 Å². The molecule has 0 aliphatic heterocycles. The van der Waals surface area contributed by atoms with Gasteiger partial charge < -0.3 is 4.74 Å². The zero-order valence-corrected chi connectivity index (χ0v) is 19.9. The number of nitrogens with one attached hydrogen (secondary N) is 2. The van der Waals surface area contributed by atoms with E-state index in [-0.39, 0.29) is 22.7 Å². The van der Waals surface area contributed by atoms with Gasteiger partial charge in [0.2, 0.25) is 5.88 Å². The molecule has 0 atom stereocenters. The molecule has 0 saturated carbocycles. The summed E-state index contributed by atoms with van der Waals surface area (Å²) in [7, 11) is 0. The van der Waals surface area contributed by atoms with Crippen LogP contribution in [0.15, 0.2) is 77.7 Å². The van der Waals surface area contributed by atoms with Gasteiger partial charge in [0.15, 0.2) is 5.69 Å². The highest BCUT2D eigenvalue weighted by Crippen LogP contribution is 2.14. The van der Waals surface area contributed by atoms with Gasteiger partial charge in [0.25, 0.3) is 17.4 Å². The highest BCUT2D eigenvalue weighted by atomic mass is 16.5. The van der Waals surface area contributed by atoms with Gasteiger partial charge in [0.05, 0.1) is 5.39 Å². The molecule has 2 aromatic heterocycles. The number of hydrogen-bond donors (Lipinski definition) is 2. The first kappa shape index (κ1) is 24.6. The number of aryl methyl sites for hydroxylation is 1. The molecule has 0 saturated heterocycles. The van der Waals surface area contributed by atoms with Crippen molar-refractivity contribution in [3.8, 4) is 5.88 Å². The molecule has 0 fully saturated rings. The lowest BCUT2D eigenvalue weighted by molar-refractivity contribution is 0.0843. The molecule has 9 nitrogen and oxygen atoms in total. The molecule has 9 heteroatoms. The molecular formula is C27H27N5O4. The predicted octanol–water partition coefficient (Wildman–Crippen LogP) is 3.64. The Labute approximate surface area is 208 Å². The van der Waals surface area contributed by atoms with Crippen molar-refractivity contribution in [1.82, 2.24) is 25.6 Å². The molecule has 2 N–H and O–H groups in total. The Balaban J connectivity index is 1.46. The van der Waals surface area contributed by atoms with Crippen LogP contribution in [0.3, 0.4) is 0 Å². The summed E-state index contributed by atoms with van der Waals surface area (Å²) in [6, 6.07) is 19.4. The lowest BCUT2D eigenvalue weighted by atomic mass is 10.1. The number of amides is 2. The minimum absolute atomic E-state index is 0.0589. The first-order valence-electron chi connectivity index (χ1n) is 11.8. The molecule has 2 heterocycles. The number of aromatic nitrogens is 3. The van der Waals surface area contributed by atoms with E-state index in [1.807, 2.05) is 30.3 Å². The second-order valence-electron chi connectivity index (χ2n) is 8.19. The van der Waals surface area contributed by atoms with Crippen molar-refractivity contribution in [3.05, 3.63) is 100 Å². The fourth-order valence-electron chi connectivity index (χ4n) is 3.67. The number of carbonyl (C=O) groups is 2. The molecule has 184 valence electrons. The molecule has 0 radical (unpaired) electrons. The maximum Gasteiger partial charge on any atom is 0.290 e. The third kappa shape index (κ3) is 5.93. The van der Waals surface area contributed by atoms with E-state index in [1.54, 1.807) is 24.3 Å². The van der Waals surface area contributed by atoms with Crippen LogP contribution in [0, 0.1) is 0 Å². The fourth-order valence-corrected chi connectivity index (χ4v) is 3.67. The highest BCUT2D eigenvalue weighted by Gasteiger charge is 2.18. The summed E-state index contributed by atoms with van der Waals surface area (Å²) < 4.78 is 6.98. The molecule has 0 aliphatic carbocycles. The molecule has 4 aromatic rings. The van der Waals surface area contributed by atoms with E-state index in [9.17, 15) is 14.4 Å². The second kappa shape index (κ2) is 11.7. The van der Waals surface area contributed by atoms with Crippen LogP contribution in [0.5, 0.6) is 5.88 Å². The Bertz CT molecular complexity index is 1420. The Morgan fingerprint density at radius 3 is 2.42 bits per heavy atom. The second-order valence-corrected chi connectivity index (χ2v) is 8.19. The third-order valence-corrected chi connectivity index (χ3v) is 5.57. The number of carbonyl (C=O) groups excluding carboxylic acids is 2. The monoisotopic (exact) mass is 485 g/mol. The van der Waals surface area contributed by atoms with Crippen LogP contribution in [0.25, 0.3) is 10.8 Å². The minimum Gasteiger partial charge on any atom is -0.473 e. The van der Waals surface area contributed by atoms with Crippen molar-refractivity contribution in [2.45, 2.75) is 39.3 Å². The van der Waals surface area contributed by atoms with Crippen molar-refractivity contribution >= 4 is 22.6 Å². The van der Waals surface area contributed by atoms with Crippen molar-refractivity contribution in [3.63, 3.8) is 0 Å². The zero-order valence-electron chi connectivity index (χ0n) is 19.9. The Kier molecular flexibility index (Phi) is 8.02. The fraction of sp³-hybridized carbons (Fsp3) is 0.222. The van der Waals surface area contributed by atoms with Crippen LogP contribution in [-0.4, -0.2) is 26.6 Å². The van der Waals surface area contributed by atoms with Gasteiger partial charge in [0.1, 0.15) is 6.61 Å². The zero-order chi connectivity index (χ0) is 25.3. The van der Waals surface area contributed by atoms with Crippen LogP contribution in [-0.2, 0) is 13.2 Å². The summed E-state index contributed by atoms with van der Waals surface area (Å²) in [5.41, 5.74) is 5.84. The smallest absolute Gasteiger partial charge is 0.290 e. The Morgan fingerprint density at radius 1 is 0.917 bits per heavy atom. The number of ether oxygens (including phenoxy) is 1. The number of unbranched alkanes of at least 4 members (excludes halogenated alkanes) is 2. The summed E-state index contributed by atoms with van der Waals surface area (Å²) in [6.07, 6.45) is 4.17. The number of benzene rings is 2. The first-order chi connectivity index (χ1) is 17.6. The van der Waals surface area contributed by atoms with Crippen molar-refractivity contribution in [1.29, 1.82) is 0 Å². The van der Waals surface area contributed by atoms with E-state index in [0.29, 0.717) is 23.9 Å². The van der Waals surface area contributed by atoms with Crippen LogP contribution in [0.4, 0.5) is 0 Å². The SMILES string of the molecule is CCCCCn1nc(C(=O)NNC(=O)c2ccnc(OCc3ccccc3)c2)c2ccccc2c1=O. The quantitative estimate of drug-likeness (QED) is 0.276. The first-order valence-corrected chi connectivity index (χ1v) is 11.8. The summed E-state index contributed by atoms with van der Waals surface area (Å²) in [5, 5.41) is 5.12. The van der Waals surface area contributed by atoms with Crippen molar-refractivity contribution in [2.24, 2.45) is 0 Å². The summed E-state index contributed by atoms with van der Waals surface area (Å²) in [4.78, 5) is 42.6. The molecule has 2 amide bonds. The molecule has 0 unspecified atom stereocenters. The largest absolute Gasteiger partial charge is 0.473 e. The van der Waals surface area contributed by atoms with Crippen molar-refractivity contribution in [2.75, 3.05) is 0 Å². The van der Waals surface area contributed by atoms with Gasteiger partial charge in [0, 0.05) is 29.8 Å². The Morgan fingerprint density at radius 2 is 1.64 bits per heavy atom. The topological polar surface area (TPSA) is 115 Å². The maximum atomic E-state index is 13.0. The van der Waals surface area contributed by atoms with Crippen LogP contribution < -0.4 is 21.1 Å². The van der Waals surface area contributed by atoms with E-state index in [1.165, 1.54) is 23.0 Å². The predicted molar refractivity (Wildman–Crippen MR) is 135 cm³/mol.